The number of hydrogen-bond donors (Lipinski definition) is 1. The molecule has 2 rings (SSSR count). The average molecular weight is 219 g/mol. The number of aryl methyl sites for hydroxylation is 1. The van der Waals surface area contributed by atoms with Crippen molar-refractivity contribution in [2.75, 3.05) is 5.73 Å². The summed E-state index contributed by atoms with van der Waals surface area (Å²) in [5.41, 5.74) is 9.04. The lowest BCUT2D eigenvalue weighted by molar-refractivity contribution is 0.436. The fourth-order valence-corrected chi connectivity index (χ4v) is 1.67. The molecule has 16 heavy (non-hydrogen) atoms. The molecule has 0 atom stereocenters. The molecule has 0 aliphatic carbocycles. The van der Waals surface area contributed by atoms with Crippen molar-refractivity contribution in [3.8, 4) is 0 Å². The third-order valence-electron chi connectivity index (χ3n) is 2.65. The number of nitrogen functional groups attached to an aromatic ring is 1. The van der Waals surface area contributed by atoms with Gasteiger partial charge in [0.05, 0.1) is 16.8 Å². The molecule has 2 aromatic heterocycles. The highest BCUT2D eigenvalue weighted by Gasteiger charge is 2.20. The molecule has 86 valence electrons. The van der Waals surface area contributed by atoms with Crippen LogP contribution in [0.3, 0.4) is 0 Å². The van der Waals surface area contributed by atoms with Gasteiger partial charge in [-0.15, -0.1) is 0 Å². The van der Waals surface area contributed by atoms with Gasteiger partial charge in [0.15, 0.2) is 0 Å². The van der Waals surface area contributed by atoms with Crippen LogP contribution in [0.1, 0.15) is 39.1 Å². The van der Waals surface area contributed by atoms with Gasteiger partial charge in [-0.1, -0.05) is 32.9 Å². The molecule has 2 N–H and O–H groups in total. The molecule has 0 aliphatic heterocycles. The molecule has 0 fully saturated rings. The number of hydrogen-bond acceptors (Lipinski definition) is 4. The minimum absolute atomic E-state index is 0.0402. The Bertz CT molecular complexity index is 523. The Kier molecular flexibility index (Phi) is 2.37. The third-order valence-corrected chi connectivity index (χ3v) is 2.65. The van der Waals surface area contributed by atoms with Gasteiger partial charge >= 0.3 is 0 Å². The van der Waals surface area contributed by atoms with E-state index in [4.69, 9.17) is 10.3 Å². The first-order chi connectivity index (χ1) is 7.43. The number of rotatable bonds is 1. The van der Waals surface area contributed by atoms with E-state index >= 15 is 0 Å². The van der Waals surface area contributed by atoms with Crippen LogP contribution in [0, 0.1) is 0 Å². The van der Waals surface area contributed by atoms with E-state index in [-0.39, 0.29) is 5.41 Å². The molecule has 0 unspecified atom stereocenters. The van der Waals surface area contributed by atoms with Crippen molar-refractivity contribution in [3.05, 3.63) is 17.5 Å². The summed E-state index contributed by atoms with van der Waals surface area (Å²) in [7, 11) is 0. The highest BCUT2D eigenvalue weighted by atomic mass is 16.5. The minimum atomic E-state index is -0.0402. The summed E-state index contributed by atoms with van der Waals surface area (Å²) in [6.07, 6.45) is 0.799. The molecule has 2 heterocycles. The summed E-state index contributed by atoms with van der Waals surface area (Å²) in [5.74, 6) is 0. The predicted octanol–water partition coefficient (Wildman–Crippen LogP) is 2.66. The van der Waals surface area contributed by atoms with Gasteiger partial charge in [0.25, 0.3) is 5.71 Å². The van der Waals surface area contributed by atoms with Crippen LogP contribution in [0.25, 0.3) is 11.1 Å². The first kappa shape index (κ1) is 10.9. The lowest BCUT2D eigenvalue weighted by atomic mass is 9.91. The Morgan fingerprint density at radius 1 is 1.38 bits per heavy atom. The molecule has 4 heteroatoms. The summed E-state index contributed by atoms with van der Waals surface area (Å²) in [6.45, 7) is 8.31. The summed E-state index contributed by atoms with van der Waals surface area (Å²) >= 11 is 0. The van der Waals surface area contributed by atoms with E-state index in [1.165, 1.54) is 0 Å². The van der Waals surface area contributed by atoms with Gasteiger partial charge in [-0.3, -0.25) is 0 Å². The molecule has 4 nitrogen and oxygen atoms in total. The molecule has 0 saturated carbocycles. The monoisotopic (exact) mass is 219 g/mol. The maximum absolute atomic E-state index is 6.03. The summed E-state index contributed by atoms with van der Waals surface area (Å²) < 4.78 is 5.22. The molecule has 0 radical (unpaired) electrons. The first-order valence-electron chi connectivity index (χ1n) is 5.48. The van der Waals surface area contributed by atoms with Crippen LogP contribution in [0.5, 0.6) is 0 Å². The Balaban J connectivity index is 2.70. The average Bonchev–Trinajstić information content (AvgIpc) is 2.59. The second-order valence-electron chi connectivity index (χ2n) is 5.01. The van der Waals surface area contributed by atoms with Gasteiger partial charge in [0.1, 0.15) is 0 Å². The summed E-state index contributed by atoms with van der Waals surface area (Å²) in [5, 5.41) is 4.84. The molecule has 2 aromatic rings. The van der Waals surface area contributed by atoms with Gasteiger partial charge in [0, 0.05) is 11.1 Å². The van der Waals surface area contributed by atoms with Crippen LogP contribution in [0.15, 0.2) is 10.6 Å². The normalized spacial score (nSPS) is 12.2. The number of fused-ring (bicyclic) bond motifs is 1. The highest BCUT2D eigenvalue weighted by Crippen LogP contribution is 2.29. The van der Waals surface area contributed by atoms with Gasteiger partial charge in [-0.2, -0.15) is 0 Å². The van der Waals surface area contributed by atoms with E-state index in [2.05, 4.69) is 30.9 Å². The number of nitrogens with zero attached hydrogens (tertiary/aromatic N) is 2. The van der Waals surface area contributed by atoms with Crippen molar-refractivity contribution in [1.29, 1.82) is 0 Å². The Morgan fingerprint density at radius 2 is 2.06 bits per heavy atom. The van der Waals surface area contributed by atoms with Gasteiger partial charge in [-0.25, -0.2) is 4.98 Å². The van der Waals surface area contributed by atoms with Crippen molar-refractivity contribution in [2.24, 2.45) is 0 Å². The largest absolute Gasteiger partial charge is 0.398 e. The van der Waals surface area contributed by atoms with E-state index in [0.29, 0.717) is 11.4 Å². The molecule has 0 amide bonds. The molecular formula is C12H17N3O. The van der Waals surface area contributed by atoms with Crippen LogP contribution in [-0.4, -0.2) is 10.1 Å². The van der Waals surface area contributed by atoms with Gasteiger partial charge in [0.2, 0.25) is 0 Å². The SMILES string of the molecule is CCc1noc2nc(C(C)(C)C)cc(N)c12. The van der Waals surface area contributed by atoms with E-state index in [1.54, 1.807) is 0 Å². The van der Waals surface area contributed by atoms with Crippen LogP contribution < -0.4 is 5.73 Å². The Morgan fingerprint density at radius 3 is 2.62 bits per heavy atom. The Hall–Kier alpha value is -1.58. The fraction of sp³-hybridized carbons (Fsp3) is 0.500. The van der Waals surface area contributed by atoms with Crippen molar-refractivity contribution in [2.45, 2.75) is 39.5 Å². The minimum Gasteiger partial charge on any atom is -0.398 e. The molecule has 0 bridgehead atoms. The van der Waals surface area contributed by atoms with Crippen molar-refractivity contribution in [3.63, 3.8) is 0 Å². The standard InChI is InChI=1S/C12H17N3O/c1-5-8-10-7(13)6-9(12(2,3)4)14-11(10)16-15-8/h6H,5H2,1-4H3,(H2,13,14). The zero-order chi connectivity index (χ0) is 11.9. The fourth-order valence-electron chi connectivity index (χ4n) is 1.67. The lowest BCUT2D eigenvalue weighted by Gasteiger charge is -2.17. The van der Waals surface area contributed by atoms with Crippen LogP contribution >= 0.6 is 0 Å². The summed E-state index contributed by atoms with van der Waals surface area (Å²) in [4.78, 5) is 4.47. The maximum Gasteiger partial charge on any atom is 0.260 e. The zero-order valence-electron chi connectivity index (χ0n) is 10.2. The zero-order valence-corrected chi connectivity index (χ0v) is 10.2. The second-order valence-corrected chi connectivity index (χ2v) is 5.01. The quantitative estimate of drug-likeness (QED) is 0.800. The van der Waals surface area contributed by atoms with Gasteiger partial charge < -0.3 is 10.3 Å². The van der Waals surface area contributed by atoms with Crippen LogP contribution in [-0.2, 0) is 11.8 Å². The third kappa shape index (κ3) is 1.64. The predicted molar refractivity (Wildman–Crippen MR) is 64.3 cm³/mol. The van der Waals surface area contributed by atoms with E-state index in [1.807, 2.05) is 13.0 Å². The smallest absolute Gasteiger partial charge is 0.260 e. The topological polar surface area (TPSA) is 64.9 Å². The highest BCUT2D eigenvalue weighted by molar-refractivity contribution is 5.89. The maximum atomic E-state index is 6.03. The first-order valence-corrected chi connectivity index (χ1v) is 5.48. The van der Waals surface area contributed by atoms with Crippen molar-refractivity contribution in [1.82, 2.24) is 10.1 Å². The number of anilines is 1. The van der Waals surface area contributed by atoms with Gasteiger partial charge in [-0.05, 0) is 12.5 Å². The molecule has 0 aliphatic rings. The molecule has 0 saturated heterocycles. The Labute approximate surface area is 94.8 Å². The number of aromatic nitrogens is 2. The van der Waals surface area contributed by atoms with E-state index in [9.17, 15) is 0 Å². The number of nitrogens with two attached hydrogens (primary N) is 1. The van der Waals surface area contributed by atoms with Crippen LogP contribution in [0.2, 0.25) is 0 Å². The second kappa shape index (κ2) is 3.47. The van der Waals surface area contributed by atoms with Crippen molar-refractivity contribution >= 4 is 16.8 Å². The van der Waals surface area contributed by atoms with Crippen molar-refractivity contribution < 1.29 is 4.52 Å². The molecule has 0 spiro atoms. The van der Waals surface area contributed by atoms with E-state index in [0.717, 1.165) is 23.2 Å². The van der Waals surface area contributed by atoms with Crippen LogP contribution in [0.4, 0.5) is 5.69 Å². The lowest BCUT2D eigenvalue weighted by Crippen LogP contribution is -2.14. The molecular weight excluding hydrogens is 202 g/mol. The summed E-state index contributed by atoms with van der Waals surface area (Å²) in [6, 6.07) is 1.92. The van der Waals surface area contributed by atoms with E-state index < -0.39 is 0 Å². The molecule has 0 aromatic carbocycles. The number of pyridine rings is 1.